The second-order valence-corrected chi connectivity index (χ2v) is 3.42. The molecule has 88 valence electrons. The van der Waals surface area contributed by atoms with Gasteiger partial charge in [-0.15, -0.1) is 0 Å². The molecule has 1 heterocycles. The number of rotatable bonds is 4. The first-order chi connectivity index (χ1) is 7.54. The smallest absolute Gasteiger partial charge is 0.255 e. The number of amides is 1. The summed E-state index contributed by atoms with van der Waals surface area (Å²) < 4.78 is 17.7. The lowest BCUT2D eigenvalue weighted by molar-refractivity contribution is 0.0905. The molecule has 16 heavy (non-hydrogen) atoms. The molecule has 0 saturated carbocycles. The van der Waals surface area contributed by atoms with Crippen LogP contribution in [0, 0.1) is 5.82 Å². The number of carbonyl (C=O) groups excluding carboxylic acids is 1. The maximum atomic E-state index is 12.9. The summed E-state index contributed by atoms with van der Waals surface area (Å²) in [6.07, 6.45) is 0.963. The molecular weight excluding hydrogens is 213 g/mol. The van der Waals surface area contributed by atoms with Crippen molar-refractivity contribution in [2.75, 3.05) is 19.5 Å². The average Bonchev–Trinajstić information content (AvgIpc) is 2.21. The number of aromatic nitrogens is 1. The molecule has 0 bridgehead atoms. The van der Waals surface area contributed by atoms with Gasteiger partial charge in [0.05, 0.1) is 18.4 Å². The van der Waals surface area contributed by atoms with Gasteiger partial charge in [-0.25, -0.2) is 9.37 Å². The van der Waals surface area contributed by atoms with Gasteiger partial charge in [-0.1, -0.05) is 0 Å². The molecule has 1 amide bonds. The van der Waals surface area contributed by atoms with Gasteiger partial charge in [0.15, 0.2) is 0 Å². The SMILES string of the molecule is COCC(C)NC(=O)c1cc(F)cnc1N. The number of ether oxygens (including phenoxy) is 1. The van der Waals surface area contributed by atoms with Gasteiger partial charge < -0.3 is 15.8 Å². The Labute approximate surface area is 92.8 Å². The van der Waals surface area contributed by atoms with E-state index in [0.717, 1.165) is 12.3 Å². The molecule has 1 rings (SSSR count). The van der Waals surface area contributed by atoms with Crippen LogP contribution < -0.4 is 11.1 Å². The molecule has 3 N–H and O–H groups in total. The summed E-state index contributed by atoms with van der Waals surface area (Å²) in [5.41, 5.74) is 5.50. The Morgan fingerprint density at radius 2 is 2.44 bits per heavy atom. The molecule has 5 nitrogen and oxygen atoms in total. The summed E-state index contributed by atoms with van der Waals surface area (Å²) in [5.74, 6) is -1.06. The van der Waals surface area contributed by atoms with Crippen molar-refractivity contribution in [3.8, 4) is 0 Å². The average molecular weight is 227 g/mol. The van der Waals surface area contributed by atoms with Crippen LogP contribution in [0.1, 0.15) is 17.3 Å². The molecule has 0 aliphatic rings. The highest BCUT2D eigenvalue weighted by Crippen LogP contribution is 2.09. The van der Waals surface area contributed by atoms with Crippen molar-refractivity contribution < 1.29 is 13.9 Å². The number of nitrogens with zero attached hydrogens (tertiary/aromatic N) is 1. The van der Waals surface area contributed by atoms with E-state index in [1.807, 2.05) is 0 Å². The third-order valence-corrected chi connectivity index (χ3v) is 1.92. The Morgan fingerprint density at radius 3 is 3.06 bits per heavy atom. The molecule has 6 heteroatoms. The van der Waals surface area contributed by atoms with Crippen LogP contribution in [0.15, 0.2) is 12.3 Å². The summed E-state index contributed by atoms with van der Waals surface area (Å²) in [5, 5.41) is 2.61. The van der Waals surface area contributed by atoms with E-state index in [2.05, 4.69) is 10.3 Å². The van der Waals surface area contributed by atoms with Gasteiger partial charge >= 0.3 is 0 Å². The molecular formula is C10H14FN3O2. The molecule has 0 aromatic carbocycles. The maximum Gasteiger partial charge on any atom is 0.255 e. The van der Waals surface area contributed by atoms with Crippen molar-refractivity contribution in [3.05, 3.63) is 23.6 Å². The van der Waals surface area contributed by atoms with Gasteiger partial charge in [-0.2, -0.15) is 0 Å². The third kappa shape index (κ3) is 3.16. The van der Waals surface area contributed by atoms with E-state index < -0.39 is 11.7 Å². The quantitative estimate of drug-likeness (QED) is 0.788. The highest BCUT2D eigenvalue weighted by Gasteiger charge is 2.14. The standard InChI is InChI=1S/C10H14FN3O2/c1-6(5-16-2)14-10(15)8-3-7(11)4-13-9(8)12/h3-4,6H,5H2,1-2H3,(H2,12,13)(H,14,15). The van der Waals surface area contributed by atoms with Crippen molar-refractivity contribution in [1.82, 2.24) is 10.3 Å². The van der Waals surface area contributed by atoms with Crippen molar-refractivity contribution in [2.45, 2.75) is 13.0 Å². The molecule has 0 spiro atoms. The highest BCUT2D eigenvalue weighted by molar-refractivity contribution is 5.98. The minimum Gasteiger partial charge on any atom is -0.383 e. The number of nitrogens with two attached hydrogens (primary N) is 1. The number of nitrogen functional groups attached to an aromatic ring is 1. The second-order valence-electron chi connectivity index (χ2n) is 3.42. The predicted molar refractivity (Wildman–Crippen MR) is 57.4 cm³/mol. The van der Waals surface area contributed by atoms with E-state index in [1.54, 1.807) is 6.92 Å². The number of methoxy groups -OCH3 is 1. The van der Waals surface area contributed by atoms with Crippen LogP contribution in [0.3, 0.4) is 0 Å². The minimum absolute atomic E-state index is 0.00326. The lowest BCUT2D eigenvalue weighted by atomic mass is 10.2. The van der Waals surface area contributed by atoms with Crippen molar-refractivity contribution in [2.24, 2.45) is 0 Å². The van der Waals surface area contributed by atoms with Crippen LogP contribution in [0.5, 0.6) is 0 Å². The molecule has 1 aromatic rings. The number of pyridine rings is 1. The van der Waals surface area contributed by atoms with E-state index >= 15 is 0 Å². The number of nitrogens with one attached hydrogen (secondary N) is 1. The molecule has 1 atom stereocenters. The van der Waals surface area contributed by atoms with E-state index in [0.29, 0.717) is 6.61 Å². The molecule has 0 aliphatic carbocycles. The molecule has 0 radical (unpaired) electrons. The normalized spacial score (nSPS) is 12.2. The van der Waals surface area contributed by atoms with Crippen LogP contribution in [0.4, 0.5) is 10.2 Å². The lowest BCUT2D eigenvalue weighted by Crippen LogP contribution is -2.36. The fourth-order valence-electron chi connectivity index (χ4n) is 1.22. The number of halogens is 1. The lowest BCUT2D eigenvalue weighted by Gasteiger charge is -2.13. The predicted octanol–water partition coefficient (Wildman–Crippen LogP) is 0.568. The fourth-order valence-corrected chi connectivity index (χ4v) is 1.22. The number of anilines is 1. The first kappa shape index (κ1) is 12.4. The zero-order chi connectivity index (χ0) is 12.1. The zero-order valence-electron chi connectivity index (χ0n) is 9.16. The van der Waals surface area contributed by atoms with Crippen molar-refractivity contribution >= 4 is 11.7 Å². The van der Waals surface area contributed by atoms with Gasteiger partial charge in [0.2, 0.25) is 0 Å². The van der Waals surface area contributed by atoms with E-state index in [-0.39, 0.29) is 17.4 Å². The molecule has 0 saturated heterocycles. The Balaban J connectivity index is 2.76. The van der Waals surface area contributed by atoms with E-state index in [9.17, 15) is 9.18 Å². The number of hydrogen-bond acceptors (Lipinski definition) is 4. The van der Waals surface area contributed by atoms with Gasteiger partial charge in [0.25, 0.3) is 5.91 Å². The largest absolute Gasteiger partial charge is 0.383 e. The third-order valence-electron chi connectivity index (χ3n) is 1.92. The second kappa shape index (κ2) is 5.41. The van der Waals surface area contributed by atoms with Crippen LogP contribution in [0.25, 0.3) is 0 Å². The Hall–Kier alpha value is -1.69. The van der Waals surface area contributed by atoms with Gasteiger partial charge in [0, 0.05) is 13.2 Å². The topological polar surface area (TPSA) is 77.2 Å². The van der Waals surface area contributed by atoms with Crippen LogP contribution >= 0.6 is 0 Å². The Bertz CT molecular complexity index is 384. The fraction of sp³-hybridized carbons (Fsp3) is 0.400. The Kier molecular flexibility index (Phi) is 4.19. The van der Waals surface area contributed by atoms with Gasteiger partial charge in [0.1, 0.15) is 11.6 Å². The van der Waals surface area contributed by atoms with Crippen LogP contribution in [-0.4, -0.2) is 30.6 Å². The summed E-state index contributed by atoms with van der Waals surface area (Å²) >= 11 is 0. The molecule has 0 fully saturated rings. The molecule has 0 aliphatic heterocycles. The summed E-state index contributed by atoms with van der Waals surface area (Å²) in [6, 6.07) is 0.872. The van der Waals surface area contributed by atoms with Crippen molar-refractivity contribution in [3.63, 3.8) is 0 Å². The maximum absolute atomic E-state index is 12.9. The first-order valence-corrected chi connectivity index (χ1v) is 4.75. The van der Waals surface area contributed by atoms with E-state index in [1.165, 1.54) is 7.11 Å². The summed E-state index contributed by atoms with van der Waals surface area (Å²) in [6.45, 7) is 2.14. The number of carbonyl (C=O) groups is 1. The van der Waals surface area contributed by atoms with Crippen LogP contribution in [0.2, 0.25) is 0 Å². The number of hydrogen-bond donors (Lipinski definition) is 2. The highest BCUT2D eigenvalue weighted by atomic mass is 19.1. The minimum atomic E-state index is -0.598. The monoisotopic (exact) mass is 227 g/mol. The van der Waals surface area contributed by atoms with Gasteiger partial charge in [-0.05, 0) is 13.0 Å². The summed E-state index contributed by atoms with van der Waals surface area (Å²) in [4.78, 5) is 15.2. The Morgan fingerprint density at radius 1 is 1.75 bits per heavy atom. The van der Waals surface area contributed by atoms with Crippen molar-refractivity contribution in [1.29, 1.82) is 0 Å². The van der Waals surface area contributed by atoms with E-state index in [4.69, 9.17) is 10.5 Å². The first-order valence-electron chi connectivity index (χ1n) is 4.75. The molecule has 1 aromatic heterocycles. The molecule has 1 unspecified atom stereocenters. The van der Waals surface area contributed by atoms with Crippen LogP contribution in [-0.2, 0) is 4.74 Å². The zero-order valence-corrected chi connectivity index (χ0v) is 9.16. The summed E-state index contributed by atoms with van der Waals surface area (Å²) in [7, 11) is 1.53. The van der Waals surface area contributed by atoms with Gasteiger partial charge in [-0.3, -0.25) is 4.79 Å².